The number of carbonyl (C=O) groups excluding carboxylic acids is 1. The van der Waals surface area contributed by atoms with E-state index >= 15 is 0 Å². The lowest BCUT2D eigenvalue weighted by Gasteiger charge is -2.13. The van der Waals surface area contributed by atoms with Gasteiger partial charge in [0.05, 0.1) is 44.0 Å². The molecule has 7 nitrogen and oxygen atoms in total. The number of thiophene rings is 1. The molecule has 0 aliphatic carbocycles. The highest BCUT2D eigenvalue weighted by molar-refractivity contribution is 7.13. The molecule has 136 valence electrons. The minimum atomic E-state index is -0.316. The number of rotatable bonds is 7. The van der Waals surface area contributed by atoms with Gasteiger partial charge in [0.15, 0.2) is 11.5 Å². The van der Waals surface area contributed by atoms with Crippen molar-refractivity contribution in [1.29, 1.82) is 0 Å². The van der Waals surface area contributed by atoms with Crippen molar-refractivity contribution < 1.29 is 23.4 Å². The number of amides is 1. The molecule has 2 aromatic heterocycles. The Balaban J connectivity index is 1.74. The molecule has 0 saturated heterocycles. The van der Waals surface area contributed by atoms with Gasteiger partial charge < -0.3 is 23.9 Å². The molecule has 0 bridgehead atoms. The van der Waals surface area contributed by atoms with E-state index in [0.717, 1.165) is 4.88 Å². The number of nitrogens with one attached hydrogen (secondary N) is 1. The van der Waals surface area contributed by atoms with Gasteiger partial charge >= 0.3 is 0 Å². The van der Waals surface area contributed by atoms with Crippen molar-refractivity contribution in [2.75, 3.05) is 21.3 Å². The summed E-state index contributed by atoms with van der Waals surface area (Å²) >= 11 is 1.54. The van der Waals surface area contributed by atoms with E-state index in [0.29, 0.717) is 34.4 Å². The fourth-order valence-electron chi connectivity index (χ4n) is 2.37. The first-order valence-electron chi connectivity index (χ1n) is 7.72. The van der Waals surface area contributed by atoms with Gasteiger partial charge in [0.2, 0.25) is 5.89 Å². The van der Waals surface area contributed by atoms with Crippen LogP contribution in [0.5, 0.6) is 17.2 Å². The molecule has 1 N–H and O–H groups in total. The molecule has 0 aliphatic rings. The predicted octanol–water partition coefficient (Wildman–Crippen LogP) is 3.36. The fraction of sp³-hybridized carbons (Fsp3) is 0.222. The van der Waals surface area contributed by atoms with Crippen LogP contribution < -0.4 is 19.5 Å². The van der Waals surface area contributed by atoms with E-state index in [1.807, 2.05) is 17.5 Å². The number of aromatic nitrogens is 1. The molecule has 1 amide bonds. The van der Waals surface area contributed by atoms with Crippen molar-refractivity contribution in [2.24, 2.45) is 0 Å². The van der Waals surface area contributed by atoms with Crippen LogP contribution >= 0.6 is 11.3 Å². The third-order valence-corrected chi connectivity index (χ3v) is 4.52. The minimum absolute atomic E-state index is 0.227. The number of hydrogen-bond acceptors (Lipinski definition) is 7. The second-order valence-corrected chi connectivity index (χ2v) is 6.16. The molecule has 1 aromatic carbocycles. The number of carbonyl (C=O) groups is 1. The van der Waals surface area contributed by atoms with Crippen LogP contribution in [0.15, 0.2) is 40.3 Å². The number of nitrogens with zero attached hydrogens (tertiary/aromatic N) is 1. The highest BCUT2D eigenvalue weighted by atomic mass is 32.1. The van der Waals surface area contributed by atoms with E-state index < -0.39 is 0 Å². The molecule has 8 heteroatoms. The molecule has 0 unspecified atom stereocenters. The molecule has 0 atom stereocenters. The van der Waals surface area contributed by atoms with Crippen LogP contribution in [0.4, 0.5) is 0 Å². The van der Waals surface area contributed by atoms with E-state index in [4.69, 9.17) is 18.6 Å². The van der Waals surface area contributed by atoms with Crippen LogP contribution in [0, 0.1) is 0 Å². The summed E-state index contributed by atoms with van der Waals surface area (Å²) in [6.07, 6.45) is 1.53. The quantitative estimate of drug-likeness (QED) is 0.683. The van der Waals surface area contributed by atoms with Gasteiger partial charge in [-0.1, -0.05) is 6.07 Å². The summed E-state index contributed by atoms with van der Waals surface area (Å²) in [5, 5.41) is 4.75. The van der Waals surface area contributed by atoms with Crippen molar-refractivity contribution in [3.63, 3.8) is 0 Å². The highest BCUT2D eigenvalue weighted by Gasteiger charge is 2.18. The summed E-state index contributed by atoms with van der Waals surface area (Å²) < 4.78 is 21.2. The Kier molecular flexibility index (Phi) is 5.43. The van der Waals surface area contributed by atoms with Gasteiger partial charge in [0, 0.05) is 12.1 Å². The lowest BCUT2D eigenvalue weighted by molar-refractivity contribution is 0.0947. The summed E-state index contributed by atoms with van der Waals surface area (Å²) in [7, 11) is 4.52. The first-order chi connectivity index (χ1) is 12.7. The first kappa shape index (κ1) is 17.8. The lowest BCUT2D eigenvalue weighted by Crippen LogP contribution is -2.23. The SMILES string of the molecule is COc1cc(OC)c(C(=O)NCc2coc(-c3cccs3)n2)cc1OC. The Hall–Kier alpha value is -3.00. The van der Waals surface area contributed by atoms with Crippen molar-refractivity contribution in [2.45, 2.75) is 6.54 Å². The summed E-state index contributed by atoms with van der Waals surface area (Å²) in [5.41, 5.74) is 0.966. The molecule has 0 radical (unpaired) electrons. The molecule has 26 heavy (non-hydrogen) atoms. The zero-order chi connectivity index (χ0) is 18.5. The number of benzene rings is 1. The van der Waals surface area contributed by atoms with Crippen molar-refractivity contribution >= 4 is 17.2 Å². The zero-order valence-corrected chi connectivity index (χ0v) is 15.4. The maximum atomic E-state index is 12.6. The summed E-state index contributed by atoms with van der Waals surface area (Å²) in [6, 6.07) is 7.04. The lowest BCUT2D eigenvalue weighted by atomic mass is 10.1. The van der Waals surface area contributed by atoms with Crippen LogP contribution in [0.25, 0.3) is 10.8 Å². The Bertz CT molecular complexity index is 889. The number of ether oxygens (including phenoxy) is 3. The van der Waals surface area contributed by atoms with Gasteiger partial charge in [-0.2, -0.15) is 0 Å². The van der Waals surface area contributed by atoms with Gasteiger partial charge in [0.1, 0.15) is 12.0 Å². The normalized spacial score (nSPS) is 10.4. The summed E-state index contributed by atoms with van der Waals surface area (Å²) in [6.45, 7) is 0.227. The predicted molar refractivity (Wildman–Crippen MR) is 97.1 cm³/mol. The minimum Gasteiger partial charge on any atom is -0.496 e. The maximum Gasteiger partial charge on any atom is 0.255 e. The van der Waals surface area contributed by atoms with E-state index in [1.54, 1.807) is 12.1 Å². The molecule has 2 heterocycles. The van der Waals surface area contributed by atoms with E-state index in [9.17, 15) is 4.79 Å². The van der Waals surface area contributed by atoms with Crippen LogP contribution in [0.3, 0.4) is 0 Å². The average molecular weight is 374 g/mol. The third-order valence-electron chi connectivity index (χ3n) is 3.66. The van der Waals surface area contributed by atoms with Crippen molar-refractivity contribution in [3.8, 4) is 28.0 Å². The molecule has 3 rings (SSSR count). The fourth-order valence-corrected chi connectivity index (χ4v) is 3.03. The van der Waals surface area contributed by atoms with Gasteiger partial charge in [-0.25, -0.2) is 4.98 Å². The van der Waals surface area contributed by atoms with Gasteiger partial charge in [-0.15, -0.1) is 11.3 Å². The van der Waals surface area contributed by atoms with E-state index in [2.05, 4.69) is 10.3 Å². The molecular weight excluding hydrogens is 356 g/mol. The third kappa shape index (κ3) is 3.65. The number of hydrogen-bond donors (Lipinski definition) is 1. The largest absolute Gasteiger partial charge is 0.496 e. The first-order valence-corrected chi connectivity index (χ1v) is 8.60. The molecule has 0 fully saturated rings. The summed E-state index contributed by atoms with van der Waals surface area (Å²) in [4.78, 5) is 17.9. The van der Waals surface area contributed by atoms with Gasteiger partial charge in [0.25, 0.3) is 5.91 Å². The average Bonchev–Trinajstić information content (AvgIpc) is 3.36. The zero-order valence-electron chi connectivity index (χ0n) is 14.6. The molecule has 0 saturated carbocycles. The monoisotopic (exact) mass is 374 g/mol. The van der Waals surface area contributed by atoms with Crippen LogP contribution in [0.1, 0.15) is 16.1 Å². The van der Waals surface area contributed by atoms with E-state index in [-0.39, 0.29) is 12.5 Å². The van der Waals surface area contributed by atoms with Crippen LogP contribution in [-0.4, -0.2) is 32.2 Å². The van der Waals surface area contributed by atoms with Crippen LogP contribution in [-0.2, 0) is 6.54 Å². The van der Waals surface area contributed by atoms with Crippen LogP contribution in [0.2, 0.25) is 0 Å². The second-order valence-electron chi connectivity index (χ2n) is 5.21. The topological polar surface area (TPSA) is 82.8 Å². The standard InChI is InChI=1S/C18H18N2O5S/c1-22-13-8-15(24-3)14(23-2)7-12(13)17(21)19-9-11-10-25-18(20-11)16-5-4-6-26-16/h4-8,10H,9H2,1-3H3,(H,19,21). The Morgan fingerprint density at radius 1 is 1.15 bits per heavy atom. The molecule has 3 aromatic rings. The molecule has 0 spiro atoms. The number of methoxy groups -OCH3 is 3. The van der Waals surface area contributed by atoms with Crippen molar-refractivity contribution in [3.05, 3.63) is 47.2 Å². The Labute approximate surface area is 154 Å². The second kappa shape index (κ2) is 7.92. The maximum absolute atomic E-state index is 12.6. The van der Waals surface area contributed by atoms with Gasteiger partial charge in [-0.05, 0) is 11.4 Å². The van der Waals surface area contributed by atoms with Gasteiger partial charge in [-0.3, -0.25) is 4.79 Å². The summed E-state index contributed by atoms with van der Waals surface area (Å²) in [5.74, 6) is 1.54. The smallest absolute Gasteiger partial charge is 0.255 e. The molecule has 0 aliphatic heterocycles. The van der Waals surface area contributed by atoms with E-state index in [1.165, 1.54) is 38.9 Å². The highest BCUT2D eigenvalue weighted by Crippen LogP contribution is 2.34. The Morgan fingerprint density at radius 2 is 1.88 bits per heavy atom. The molecular formula is C18H18N2O5S. The number of oxazole rings is 1. The Morgan fingerprint density at radius 3 is 2.54 bits per heavy atom. The van der Waals surface area contributed by atoms with Crippen molar-refractivity contribution in [1.82, 2.24) is 10.3 Å².